The molecule has 0 amide bonds. The second-order valence-corrected chi connectivity index (χ2v) is 9.64. The van der Waals surface area contributed by atoms with Crippen molar-refractivity contribution in [3.63, 3.8) is 0 Å². The molecule has 8 heteroatoms. The first-order valence-electron chi connectivity index (χ1n) is 11.9. The Morgan fingerprint density at radius 3 is 2.47 bits per heavy atom. The first kappa shape index (κ1) is 25.2. The number of halogens is 1. The van der Waals surface area contributed by atoms with Crippen LogP contribution in [0.2, 0.25) is 5.02 Å². The van der Waals surface area contributed by atoms with E-state index in [4.69, 9.17) is 25.8 Å². The van der Waals surface area contributed by atoms with Crippen LogP contribution in [0, 0.1) is 0 Å². The number of benzene rings is 3. The van der Waals surface area contributed by atoms with Crippen LogP contribution in [0.5, 0.6) is 5.75 Å². The molecule has 0 radical (unpaired) electrons. The van der Waals surface area contributed by atoms with Gasteiger partial charge in [-0.2, -0.15) is 0 Å². The Morgan fingerprint density at radius 1 is 0.917 bits per heavy atom. The summed E-state index contributed by atoms with van der Waals surface area (Å²) in [5, 5.41) is 40.7. The molecule has 6 atom stereocenters. The van der Waals surface area contributed by atoms with Gasteiger partial charge < -0.3 is 34.6 Å². The molecular weight excluding hydrogens is 484 g/mol. The van der Waals surface area contributed by atoms with E-state index in [1.807, 2.05) is 42.5 Å². The van der Waals surface area contributed by atoms with Crippen LogP contribution in [0.15, 0.2) is 66.7 Å². The molecule has 0 aromatic heterocycles. The van der Waals surface area contributed by atoms with Crippen LogP contribution in [-0.2, 0) is 22.5 Å². The topological polar surface area (TPSA) is 109 Å². The lowest BCUT2D eigenvalue weighted by molar-refractivity contribution is -0.231. The van der Waals surface area contributed by atoms with Crippen molar-refractivity contribution in [2.24, 2.45) is 0 Å². The van der Waals surface area contributed by atoms with Gasteiger partial charge in [-0.1, -0.05) is 60.1 Å². The maximum atomic E-state index is 10.5. The number of hydrogen-bond acceptors (Lipinski definition) is 7. The molecule has 1 unspecified atom stereocenters. The highest BCUT2D eigenvalue weighted by Gasteiger charge is 2.44. The van der Waals surface area contributed by atoms with E-state index in [0.29, 0.717) is 30.2 Å². The van der Waals surface area contributed by atoms with Crippen LogP contribution in [-0.4, -0.2) is 58.1 Å². The molecule has 2 heterocycles. The number of rotatable bonds is 7. The summed E-state index contributed by atoms with van der Waals surface area (Å²) in [7, 11) is 0. The first-order chi connectivity index (χ1) is 17.4. The number of ether oxygens (including phenoxy) is 3. The van der Waals surface area contributed by atoms with Crippen molar-refractivity contribution < 1.29 is 34.6 Å². The minimum Gasteiger partial charge on any atom is -0.491 e. The summed E-state index contributed by atoms with van der Waals surface area (Å²) in [5.41, 5.74) is 4.80. The summed E-state index contributed by atoms with van der Waals surface area (Å²) in [6.45, 7) is 0.561. The van der Waals surface area contributed by atoms with Gasteiger partial charge in [-0.25, -0.2) is 0 Å². The van der Waals surface area contributed by atoms with Gasteiger partial charge in [-0.05, 0) is 52.4 Å². The van der Waals surface area contributed by atoms with E-state index in [2.05, 4.69) is 12.1 Å². The van der Waals surface area contributed by atoms with Crippen LogP contribution in [0.1, 0.15) is 40.0 Å². The maximum Gasteiger partial charge on any atom is 0.119 e. The lowest BCUT2D eigenvalue weighted by Crippen LogP contribution is -2.55. The minimum absolute atomic E-state index is 0.0789. The van der Waals surface area contributed by atoms with Crippen LogP contribution in [0.25, 0.3) is 0 Å². The monoisotopic (exact) mass is 512 g/mol. The van der Waals surface area contributed by atoms with E-state index in [0.717, 1.165) is 16.9 Å². The molecule has 0 bridgehead atoms. The van der Waals surface area contributed by atoms with Crippen LogP contribution < -0.4 is 4.74 Å². The predicted octanol–water partition coefficient (Wildman–Crippen LogP) is 3.10. The van der Waals surface area contributed by atoms with Gasteiger partial charge >= 0.3 is 0 Å². The van der Waals surface area contributed by atoms with Crippen LogP contribution >= 0.6 is 11.6 Å². The molecule has 2 aliphatic heterocycles. The van der Waals surface area contributed by atoms with E-state index < -0.39 is 37.1 Å². The third-order valence-electron chi connectivity index (χ3n) is 6.85. The summed E-state index contributed by atoms with van der Waals surface area (Å²) >= 11 is 6.45. The van der Waals surface area contributed by atoms with E-state index in [-0.39, 0.29) is 6.10 Å². The van der Waals surface area contributed by atoms with E-state index in [1.165, 1.54) is 11.1 Å². The van der Waals surface area contributed by atoms with Gasteiger partial charge in [0.15, 0.2) is 0 Å². The molecule has 0 saturated carbocycles. The van der Waals surface area contributed by atoms with E-state index in [9.17, 15) is 20.4 Å². The Hall–Kier alpha value is -2.49. The van der Waals surface area contributed by atoms with Crippen molar-refractivity contribution in [2.75, 3.05) is 13.2 Å². The van der Waals surface area contributed by atoms with Gasteiger partial charge in [-0.15, -0.1) is 0 Å². The molecule has 36 heavy (non-hydrogen) atoms. The fraction of sp³-hybridized carbons (Fsp3) is 0.357. The molecule has 190 valence electrons. The molecule has 2 aliphatic rings. The van der Waals surface area contributed by atoms with Crippen LogP contribution in [0.4, 0.5) is 0 Å². The average Bonchev–Trinajstić information content (AvgIpc) is 3.32. The van der Waals surface area contributed by atoms with Crippen molar-refractivity contribution in [1.29, 1.82) is 0 Å². The van der Waals surface area contributed by atoms with E-state index in [1.54, 1.807) is 12.1 Å². The quantitative estimate of drug-likeness (QED) is 0.385. The standard InChI is InChI=1S/C28H29ClO7/c29-22-10-7-17(28-27(33)26(32)25(31)23(13-30)36-28)12-19(22)11-16-5-8-20(9-6-16)34-15-24-21-4-2-1-3-18(21)14-35-24/h1-10,12,23-28,30-33H,11,13-15H2/t23-,24?,25-,26+,27-,28+/m1/s1. The van der Waals surface area contributed by atoms with Crippen molar-refractivity contribution in [3.05, 3.63) is 99.6 Å². The molecule has 4 N–H and O–H groups in total. The normalized spacial score (nSPS) is 27.6. The van der Waals surface area contributed by atoms with Crippen molar-refractivity contribution in [2.45, 2.75) is 49.7 Å². The molecule has 1 fully saturated rings. The Labute approximate surface area is 214 Å². The summed E-state index contributed by atoms with van der Waals surface area (Å²) in [6.07, 6.45) is -5.60. The fourth-order valence-electron chi connectivity index (χ4n) is 4.78. The van der Waals surface area contributed by atoms with Crippen LogP contribution in [0.3, 0.4) is 0 Å². The van der Waals surface area contributed by atoms with Gasteiger partial charge in [-0.3, -0.25) is 0 Å². The molecule has 0 spiro atoms. The zero-order chi connectivity index (χ0) is 25.2. The number of aliphatic hydroxyl groups excluding tert-OH is 4. The molecular formula is C28H29ClO7. The second-order valence-electron chi connectivity index (χ2n) is 9.23. The van der Waals surface area contributed by atoms with Gasteiger partial charge in [0, 0.05) is 5.02 Å². The Bertz CT molecular complexity index is 1180. The predicted molar refractivity (Wildman–Crippen MR) is 133 cm³/mol. The average molecular weight is 513 g/mol. The molecule has 0 aliphatic carbocycles. The third kappa shape index (κ3) is 5.14. The summed E-state index contributed by atoms with van der Waals surface area (Å²) in [5.74, 6) is 0.743. The van der Waals surface area contributed by atoms with Gasteiger partial charge in [0.25, 0.3) is 0 Å². The third-order valence-corrected chi connectivity index (χ3v) is 7.22. The van der Waals surface area contributed by atoms with E-state index >= 15 is 0 Å². The summed E-state index contributed by atoms with van der Waals surface area (Å²) in [4.78, 5) is 0. The fourth-order valence-corrected chi connectivity index (χ4v) is 4.96. The molecule has 3 aromatic carbocycles. The highest BCUT2D eigenvalue weighted by molar-refractivity contribution is 6.31. The zero-order valence-electron chi connectivity index (χ0n) is 19.5. The SMILES string of the molecule is OC[C@H]1O[C@@H](c2ccc(Cl)c(Cc3ccc(OCC4OCc5ccccc54)cc3)c2)[C@H](O)[C@@H](O)[C@@H]1O. The second kappa shape index (κ2) is 10.9. The van der Waals surface area contributed by atoms with Crippen molar-refractivity contribution in [1.82, 2.24) is 0 Å². The first-order valence-corrected chi connectivity index (χ1v) is 12.3. The Kier molecular flexibility index (Phi) is 7.60. The number of aliphatic hydroxyl groups is 4. The smallest absolute Gasteiger partial charge is 0.119 e. The summed E-state index contributed by atoms with van der Waals surface area (Å²) in [6, 6.07) is 21.1. The van der Waals surface area contributed by atoms with Gasteiger partial charge in [0.1, 0.15) is 49.0 Å². The molecule has 7 nitrogen and oxygen atoms in total. The lowest BCUT2D eigenvalue weighted by atomic mass is 9.90. The Balaban J connectivity index is 1.25. The zero-order valence-corrected chi connectivity index (χ0v) is 20.3. The number of fused-ring (bicyclic) bond motifs is 1. The Morgan fingerprint density at radius 2 is 1.69 bits per heavy atom. The molecule has 3 aromatic rings. The van der Waals surface area contributed by atoms with Crippen molar-refractivity contribution in [3.8, 4) is 5.75 Å². The lowest BCUT2D eigenvalue weighted by Gasteiger charge is -2.40. The van der Waals surface area contributed by atoms with Crippen molar-refractivity contribution >= 4 is 11.6 Å². The molecule has 5 rings (SSSR count). The highest BCUT2D eigenvalue weighted by atomic mass is 35.5. The summed E-state index contributed by atoms with van der Waals surface area (Å²) < 4.78 is 17.5. The highest BCUT2D eigenvalue weighted by Crippen LogP contribution is 2.35. The maximum absolute atomic E-state index is 10.5. The number of hydrogen-bond donors (Lipinski definition) is 4. The van der Waals surface area contributed by atoms with Gasteiger partial charge in [0.05, 0.1) is 13.2 Å². The molecule has 1 saturated heterocycles. The minimum atomic E-state index is -1.43. The van der Waals surface area contributed by atoms with Gasteiger partial charge in [0.2, 0.25) is 0 Å². The largest absolute Gasteiger partial charge is 0.491 e.